The fraction of sp³-hybridized carbons (Fsp3) is 0.318. The second-order valence-electron chi connectivity index (χ2n) is 7.14. The Kier molecular flexibility index (Phi) is 6.95. The molecule has 4 amide bonds. The average molecular weight is 430 g/mol. The summed E-state index contributed by atoms with van der Waals surface area (Å²) >= 11 is 6.06. The lowest BCUT2D eigenvalue weighted by molar-refractivity contribution is -0.127. The molecule has 1 fully saturated rings. The van der Waals surface area contributed by atoms with Gasteiger partial charge in [0.2, 0.25) is 5.91 Å². The minimum absolute atomic E-state index is 0.106. The number of carbonyl (C=O) groups excluding carboxylic acids is 3. The van der Waals surface area contributed by atoms with E-state index in [0.717, 1.165) is 16.9 Å². The second-order valence-corrected chi connectivity index (χ2v) is 7.55. The number of carbonyl (C=O) groups is 3. The van der Waals surface area contributed by atoms with E-state index >= 15 is 0 Å². The lowest BCUT2D eigenvalue weighted by atomic mass is 10.1. The Morgan fingerprint density at radius 2 is 1.93 bits per heavy atom. The maximum Gasteiger partial charge on any atom is 0.324 e. The molecule has 30 heavy (non-hydrogen) atoms. The third kappa shape index (κ3) is 5.30. The number of benzene rings is 2. The van der Waals surface area contributed by atoms with E-state index in [-0.39, 0.29) is 31.2 Å². The quantitative estimate of drug-likeness (QED) is 0.628. The lowest BCUT2D eigenvalue weighted by Crippen LogP contribution is -2.33. The number of rotatable bonds is 8. The van der Waals surface area contributed by atoms with Gasteiger partial charge in [0.1, 0.15) is 11.8 Å². The van der Waals surface area contributed by atoms with Crippen molar-refractivity contribution in [2.24, 2.45) is 0 Å². The molecule has 0 spiro atoms. The molecule has 1 saturated heterocycles. The van der Waals surface area contributed by atoms with Crippen molar-refractivity contribution >= 4 is 35.1 Å². The van der Waals surface area contributed by atoms with Crippen molar-refractivity contribution in [2.75, 3.05) is 19.0 Å². The fourth-order valence-electron chi connectivity index (χ4n) is 3.19. The molecule has 3 rings (SSSR count). The molecule has 1 atom stereocenters. The smallest absolute Gasteiger partial charge is 0.324 e. The highest BCUT2D eigenvalue weighted by molar-refractivity contribution is 6.31. The Morgan fingerprint density at radius 1 is 1.20 bits per heavy atom. The number of nitrogens with zero attached hydrogens (tertiary/aromatic N) is 1. The van der Waals surface area contributed by atoms with Crippen molar-refractivity contribution in [3.8, 4) is 5.75 Å². The zero-order chi connectivity index (χ0) is 21.7. The predicted octanol–water partition coefficient (Wildman–Crippen LogP) is 3.54. The molecule has 7 nitrogen and oxygen atoms in total. The van der Waals surface area contributed by atoms with E-state index in [1.165, 1.54) is 4.90 Å². The average Bonchev–Trinajstić information content (AvgIpc) is 3.01. The number of amides is 4. The Morgan fingerprint density at radius 3 is 2.60 bits per heavy atom. The van der Waals surface area contributed by atoms with Crippen LogP contribution in [0, 0.1) is 6.92 Å². The molecule has 158 valence electrons. The number of hydrogen-bond donors (Lipinski definition) is 2. The molecule has 1 heterocycles. The Balaban J connectivity index is 1.48. The summed E-state index contributed by atoms with van der Waals surface area (Å²) in [5, 5.41) is 5.98. The minimum atomic E-state index is -0.694. The second kappa shape index (κ2) is 9.63. The summed E-state index contributed by atoms with van der Waals surface area (Å²) in [4.78, 5) is 38.1. The van der Waals surface area contributed by atoms with Gasteiger partial charge in [-0.15, -0.1) is 0 Å². The molecule has 0 aromatic heterocycles. The number of methoxy groups -OCH3 is 1. The molecule has 2 aromatic carbocycles. The van der Waals surface area contributed by atoms with Crippen LogP contribution in [0.1, 0.15) is 24.0 Å². The van der Waals surface area contributed by atoms with Gasteiger partial charge >= 0.3 is 6.03 Å². The van der Waals surface area contributed by atoms with Crippen LogP contribution in [0.15, 0.2) is 42.5 Å². The zero-order valence-electron chi connectivity index (χ0n) is 16.9. The molecule has 8 heteroatoms. The van der Waals surface area contributed by atoms with Gasteiger partial charge in [0.05, 0.1) is 7.11 Å². The van der Waals surface area contributed by atoms with Crippen molar-refractivity contribution in [1.82, 2.24) is 10.2 Å². The first-order valence-corrected chi connectivity index (χ1v) is 10.1. The highest BCUT2D eigenvalue weighted by Crippen LogP contribution is 2.20. The Hall–Kier alpha value is -3.06. The van der Waals surface area contributed by atoms with Crippen LogP contribution in [-0.4, -0.2) is 42.4 Å². The number of anilines is 1. The van der Waals surface area contributed by atoms with E-state index in [9.17, 15) is 14.4 Å². The van der Waals surface area contributed by atoms with Gasteiger partial charge in [-0.05, 0) is 55.2 Å². The van der Waals surface area contributed by atoms with Gasteiger partial charge in [0.25, 0.3) is 5.91 Å². The number of nitrogens with one attached hydrogen (secondary N) is 2. The van der Waals surface area contributed by atoms with Crippen molar-refractivity contribution < 1.29 is 19.1 Å². The van der Waals surface area contributed by atoms with E-state index in [1.807, 2.05) is 37.3 Å². The summed E-state index contributed by atoms with van der Waals surface area (Å²) < 4.78 is 5.12. The predicted molar refractivity (Wildman–Crippen MR) is 115 cm³/mol. The van der Waals surface area contributed by atoms with Crippen LogP contribution >= 0.6 is 11.6 Å². The Labute approximate surface area is 180 Å². The number of ether oxygens (including phenoxy) is 1. The molecule has 0 radical (unpaired) electrons. The van der Waals surface area contributed by atoms with E-state index in [0.29, 0.717) is 17.1 Å². The normalized spacial score (nSPS) is 15.8. The minimum Gasteiger partial charge on any atom is -0.497 e. The zero-order valence-corrected chi connectivity index (χ0v) is 17.7. The van der Waals surface area contributed by atoms with Crippen LogP contribution in [0.2, 0.25) is 5.02 Å². The molecule has 2 aromatic rings. The number of imide groups is 1. The van der Waals surface area contributed by atoms with Crippen LogP contribution in [0.3, 0.4) is 0 Å². The standard InChI is InChI=1S/C22H24ClN3O4/c1-14-3-6-16(13-18(14)23)24-20(27)10-9-19-21(28)26(22(29)25-19)12-11-15-4-7-17(30-2)8-5-15/h3-8,13,19H,9-12H2,1-2H3,(H,24,27)(H,25,29)/t19-/m1/s1. The molecule has 0 aliphatic carbocycles. The maximum atomic E-state index is 12.6. The van der Waals surface area contributed by atoms with Gasteiger partial charge in [0.15, 0.2) is 0 Å². The van der Waals surface area contributed by atoms with Crippen molar-refractivity contribution in [3.05, 3.63) is 58.6 Å². The number of halogens is 1. The molecule has 2 N–H and O–H groups in total. The van der Waals surface area contributed by atoms with Crippen LogP contribution in [0.5, 0.6) is 5.75 Å². The molecule has 0 saturated carbocycles. The van der Waals surface area contributed by atoms with Crippen molar-refractivity contribution in [1.29, 1.82) is 0 Å². The van der Waals surface area contributed by atoms with E-state index in [1.54, 1.807) is 19.2 Å². The molecule has 0 bridgehead atoms. The number of urea groups is 1. The molecule has 1 aliphatic rings. The van der Waals surface area contributed by atoms with Crippen molar-refractivity contribution in [3.63, 3.8) is 0 Å². The third-order valence-corrected chi connectivity index (χ3v) is 5.41. The molecular weight excluding hydrogens is 406 g/mol. The number of aryl methyl sites for hydroxylation is 1. The van der Waals surface area contributed by atoms with E-state index in [4.69, 9.17) is 16.3 Å². The van der Waals surface area contributed by atoms with Crippen LogP contribution in [-0.2, 0) is 16.0 Å². The first-order valence-electron chi connectivity index (χ1n) is 9.68. The monoisotopic (exact) mass is 429 g/mol. The van der Waals surface area contributed by atoms with Crippen molar-refractivity contribution in [2.45, 2.75) is 32.2 Å². The number of hydrogen-bond acceptors (Lipinski definition) is 4. The first-order chi connectivity index (χ1) is 14.4. The summed E-state index contributed by atoms with van der Waals surface area (Å²) in [6, 6.07) is 11.6. The van der Waals surface area contributed by atoms with Crippen LogP contribution < -0.4 is 15.4 Å². The largest absolute Gasteiger partial charge is 0.497 e. The van der Waals surface area contributed by atoms with Gasteiger partial charge in [-0.3, -0.25) is 14.5 Å². The topological polar surface area (TPSA) is 87.7 Å². The molecule has 1 aliphatic heterocycles. The Bertz CT molecular complexity index is 946. The lowest BCUT2D eigenvalue weighted by Gasteiger charge is -2.13. The van der Waals surface area contributed by atoms with Gasteiger partial charge in [-0.1, -0.05) is 29.8 Å². The van der Waals surface area contributed by atoms with Crippen LogP contribution in [0.4, 0.5) is 10.5 Å². The fourth-order valence-corrected chi connectivity index (χ4v) is 3.37. The van der Waals surface area contributed by atoms with Gasteiger partial charge < -0.3 is 15.4 Å². The highest BCUT2D eigenvalue weighted by atomic mass is 35.5. The SMILES string of the molecule is COc1ccc(CCN2C(=O)N[C@H](CCC(=O)Nc3ccc(C)c(Cl)c3)C2=O)cc1. The first kappa shape index (κ1) is 21.6. The van der Waals surface area contributed by atoms with Gasteiger partial charge in [-0.25, -0.2) is 4.79 Å². The molecule has 0 unspecified atom stereocenters. The van der Waals surface area contributed by atoms with Crippen LogP contribution in [0.25, 0.3) is 0 Å². The van der Waals surface area contributed by atoms with E-state index < -0.39 is 12.1 Å². The summed E-state index contributed by atoms with van der Waals surface area (Å²) in [6.45, 7) is 2.16. The summed E-state index contributed by atoms with van der Waals surface area (Å²) in [6.07, 6.45) is 0.883. The van der Waals surface area contributed by atoms with Gasteiger partial charge in [0, 0.05) is 23.7 Å². The summed E-state index contributed by atoms with van der Waals surface area (Å²) in [5.74, 6) is 0.202. The summed E-state index contributed by atoms with van der Waals surface area (Å²) in [5.41, 5.74) is 2.51. The summed E-state index contributed by atoms with van der Waals surface area (Å²) in [7, 11) is 1.60. The van der Waals surface area contributed by atoms with Gasteiger partial charge in [-0.2, -0.15) is 0 Å². The highest BCUT2D eigenvalue weighted by Gasteiger charge is 2.37. The third-order valence-electron chi connectivity index (χ3n) is 5.01. The maximum absolute atomic E-state index is 12.6. The van der Waals surface area contributed by atoms with E-state index in [2.05, 4.69) is 10.6 Å². The molecular formula is C22H24ClN3O4.